The molecule has 1 atom stereocenters. The Morgan fingerprint density at radius 1 is 1.27 bits per heavy atom. The van der Waals surface area contributed by atoms with Gasteiger partial charge < -0.3 is 19.8 Å². The highest BCUT2D eigenvalue weighted by Gasteiger charge is 2.28. The van der Waals surface area contributed by atoms with Gasteiger partial charge in [0, 0.05) is 37.0 Å². The van der Waals surface area contributed by atoms with Crippen molar-refractivity contribution in [1.29, 1.82) is 0 Å². The van der Waals surface area contributed by atoms with Gasteiger partial charge in [-0.25, -0.2) is 9.78 Å². The summed E-state index contributed by atoms with van der Waals surface area (Å²) in [6, 6.07) is 5.14. The number of imidazole rings is 1. The Morgan fingerprint density at radius 2 is 2.05 bits per heavy atom. The van der Waals surface area contributed by atoms with Crippen molar-refractivity contribution in [2.75, 3.05) is 30.3 Å². The molecule has 1 aliphatic heterocycles. The van der Waals surface area contributed by atoms with Gasteiger partial charge >= 0.3 is 12.0 Å². The van der Waals surface area contributed by atoms with Crippen molar-refractivity contribution in [2.24, 2.45) is 10.6 Å². The Labute approximate surface area is 213 Å². The van der Waals surface area contributed by atoms with Crippen molar-refractivity contribution in [1.82, 2.24) is 14.9 Å². The summed E-state index contributed by atoms with van der Waals surface area (Å²) < 4.78 is 11.1. The smallest absolute Gasteiger partial charge is 0.410 e. The fourth-order valence-electron chi connectivity index (χ4n) is 3.39. The van der Waals surface area contributed by atoms with Crippen LogP contribution in [-0.4, -0.2) is 64.5 Å². The molecule has 1 aromatic heterocycles. The maximum absolute atomic E-state index is 12.5. The van der Waals surface area contributed by atoms with Gasteiger partial charge in [0.1, 0.15) is 12.3 Å². The molecule has 0 saturated heterocycles. The average Bonchev–Trinajstić information content (AvgIpc) is 3.36. The first-order valence-corrected chi connectivity index (χ1v) is 11.7. The summed E-state index contributed by atoms with van der Waals surface area (Å²) in [5.41, 5.74) is 0.928. The predicted octanol–water partition coefficient (Wildman–Crippen LogP) is 2.85. The standard InChI is InChI=1S/C24H30N6O7/c1-24(2,3)14-36-23(34)30(13-20(32)29-35)11-8-15-4-5-17-16(12-15)27-21(33)18(37-17)6-7-19(31)28-22-25-9-10-26-22/h4-5,9-10,12,18H,6-8,11,13-14H2,1-3H3,(H,27,33)(H2,25,26,28,31)/t18-/m1/s1. The molecule has 13 nitrogen and oxygen atoms in total. The van der Waals surface area contributed by atoms with Gasteiger partial charge in [0.25, 0.3) is 5.91 Å². The van der Waals surface area contributed by atoms with E-state index in [1.54, 1.807) is 24.4 Å². The molecule has 0 saturated carbocycles. The van der Waals surface area contributed by atoms with Crippen LogP contribution in [-0.2, 0) is 25.5 Å². The number of hydrogen-bond acceptors (Lipinski definition) is 8. The van der Waals surface area contributed by atoms with Crippen LogP contribution in [0.3, 0.4) is 0 Å². The van der Waals surface area contributed by atoms with Crippen LogP contribution in [0.5, 0.6) is 5.75 Å². The number of ether oxygens (including phenoxy) is 2. The van der Waals surface area contributed by atoms with Crippen molar-refractivity contribution in [3.63, 3.8) is 0 Å². The number of aromatic amines is 1. The number of carbonyl (C=O) groups excluding carboxylic acids is 4. The van der Waals surface area contributed by atoms with Gasteiger partial charge in [0.2, 0.25) is 11.9 Å². The largest absolute Gasteiger partial charge is 0.478 e. The third-order valence-electron chi connectivity index (χ3n) is 5.24. The van der Waals surface area contributed by atoms with E-state index in [1.807, 2.05) is 20.8 Å². The maximum atomic E-state index is 12.5. The van der Waals surface area contributed by atoms with Crippen molar-refractivity contribution in [2.45, 2.75) is 46.1 Å². The van der Waals surface area contributed by atoms with E-state index in [9.17, 15) is 24.1 Å². The lowest BCUT2D eigenvalue weighted by Gasteiger charge is -2.26. The first-order chi connectivity index (χ1) is 17.5. The Bertz CT molecular complexity index is 1140. The number of rotatable bonds is 10. The molecule has 4 amide bonds. The minimum absolute atomic E-state index is 0.0573. The summed E-state index contributed by atoms with van der Waals surface area (Å²) in [7, 11) is 0. The van der Waals surface area contributed by atoms with Crippen molar-refractivity contribution >= 4 is 35.5 Å². The van der Waals surface area contributed by atoms with Crippen LogP contribution in [0, 0.1) is 10.3 Å². The second-order valence-corrected chi connectivity index (χ2v) is 9.72. The van der Waals surface area contributed by atoms with Gasteiger partial charge in [-0.1, -0.05) is 26.8 Å². The zero-order chi connectivity index (χ0) is 27.0. The highest BCUT2D eigenvalue weighted by Crippen LogP contribution is 2.32. The van der Waals surface area contributed by atoms with E-state index in [0.29, 0.717) is 23.8 Å². The second kappa shape index (κ2) is 12.1. The molecule has 2 aromatic rings. The molecule has 1 aliphatic rings. The minimum atomic E-state index is -0.984. The van der Waals surface area contributed by atoms with E-state index < -0.39 is 24.6 Å². The highest BCUT2D eigenvalue weighted by atomic mass is 16.6. The van der Waals surface area contributed by atoms with Crippen LogP contribution in [0.2, 0.25) is 0 Å². The van der Waals surface area contributed by atoms with E-state index in [-0.39, 0.29) is 43.2 Å². The van der Waals surface area contributed by atoms with E-state index in [2.05, 4.69) is 25.8 Å². The molecule has 0 fully saturated rings. The minimum Gasteiger partial charge on any atom is -0.478 e. The van der Waals surface area contributed by atoms with Crippen molar-refractivity contribution in [3.8, 4) is 5.75 Å². The summed E-state index contributed by atoms with van der Waals surface area (Å²) >= 11 is 0. The Kier molecular flexibility index (Phi) is 8.93. The van der Waals surface area contributed by atoms with Gasteiger partial charge in [0.05, 0.1) is 12.3 Å². The number of fused-ring (bicyclic) bond motifs is 1. The number of anilines is 2. The number of benzene rings is 1. The lowest BCUT2D eigenvalue weighted by atomic mass is 9.99. The quantitative estimate of drug-likeness (QED) is 0.406. The zero-order valence-electron chi connectivity index (χ0n) is 20.9. The molecule has 2 heterocycles. The third-order valence-corrected chi connectivity index (χ3v) is 5.24. The van der Waals surface area contributed by atoms with Crippen LogP contribution < -0.4 is 15.4 Å². The number of aromatic nitrogens is 2. The fraction of sp³-hybridized carbons (Fsp3) is 0.458. The predicted molar refractivity (Wildman–Crippen MR) is 133 cm³/mol. The summed E-state index contributed by atoms with van der Waals surface area (Å²) in [6.45, 7) is 5.42. The number of H-pyrrole nitrogens is 1. The third kappa shape index (κ3) is 8.40. The van der Waals surface area contributed by atoms with Gasteiger partial charge in [-0.2, -0.15) is 0 Å². The molecule has 3 rings (SSSR count). The van der Waals surface area contributed by atoms with Crippen LogP contribution in [0.25, 0.3) is 0 Å². The lowest BCUT2D eigenvalue weighted by molar-refractivity contribution is -0.124. The van der Waals surface area contributed by atoms with E-state index in [4.69, 9.17) is 9.47 Å². The Morgan fingerprint density at radius 3 is 2.73 bits per heavy atom. The van der Waals surface area contributed by atoms with E-state index >= 15 is 0 Å². The fourth-order valence-corrected chi connectivity index (χ4v) is 3.39. The number of amides is 4. The number of nitrogens with zero attached hydrogens (tertiary/aromatic N) is 3. The molecule has 0 radical (unpaired) electrons. The topological polar surface area (TPSA) is 172 Å². The summed E-state index contributed by atoms with van der Waals surface area (Å²) in [4.78, 5) is 67.0. The number of nitrogens with one attached hydrogen (secondary N) is 3. The van der Waals surface area contributed by atoms with Gasteiger partial charge in [-0.3, -0.25) is 24.6 Å². The van der Waals surface area contributed by atoms with E-state index in [1.165, 1.54) is 6.20 Å². The number of carbonyl (C=O) groups is 4. The van der Waals surface area contributed by atoms with E-state index in [0.717, 1.165) is 10.5 Å². The first kappa shape index (κ1) is 27.3. The number of nitroso groups, excluding NO2 is 1. The van der Waals surface area contributed by atoms with Crippen LogP contribution in [0.4, 0.5) is 16.4 Å². The Hall–Kier alpha value is -4.29. The molecule has 37 heavy (non-hydrogen) atoms. The SMILES string of the molecule is CC(C)(C)COC(=O)N(CCc1ccc2c(c1)NC(=O)[C@@H](CCC(=O)Nc1ncc[nH]1)O2)CC(=O)N=O. The molecule has 0 spiro atoms. The maximum Gasteiger partial charge on any atom is 0.410 e. The van der Waals surface area contributed by atoms with Crippen molar-refractivity contribution < 1.29 is 28.7 Å². The van der Waals surface area contributed by atoms with Gasteiger partial charge in [0.15, 0.2) is 6.10 Å². The second-order valence-electron chi connectivity index (χ2n) is 9.72. The van der Waals surface area contributed by atoms with Crippen molar-refractivity contribution in [3.05, 3.63) is 41.1 Å². The first-order valence-electron chi connectivity index (χ1n) is 11.7. The monoisotopic (exact) mass is 514 g/mol. The summed E-state index contributed by atoms with van der Waals surface area (Å²) in [6.07, 6.45) is 2.08. The zero-order valence-corrected chi connectivity index (χ0v) is 20.9. The van der Waals surface area contributed by atoms with Crippen LogP contribution >= 0.6 is 0 Å². The molecule has 0 aliphatic carbocycles. The highest BCUT2D eigenvalue weighted by molar-refractivity contribution is 5.98. The van der Waals surface area contributed by atoms with Gasteiger partial charge in [-0.15, -0.1) is 4.91 Å². The molecule has 13 heteroatoms. The Balaban J connectivity index is 1.57. The van der Waals surface area contributed by atoms with Crippen LogP contribution in [0.15, 0.2) is 35.8 Å². The molecule has 3 N–H and O–H groups in total. The molecule has 198 valence electrons. The normalized spacial score (nSPS) is 14.6. The van der Waals surface area contributed by atoms with Gasteiger partial charge in [-0.05, 0) is 29.5 Å². The van der Waals surface area contributed by atoms with Crippen LogP contribution in [0.1, 0.15) is 39.2 Å². The molecular formula is C24H30N6O7. The summed E-state index contributed by atoms with van der Waals surface area (Å²) in [5.74, 6) is -0.902. The average molecular weight is 515 g/mol. The molecule has 0 unspecified atom stereocenters. The summed E-state index contributed by atoms with van der Waals surface area (Å²) in [5, 5.41) is 7.73. The lowest BCUT2D eigenvalue weighted by Crippen LogP contribution is -2.38. The number of hydrogen-bond donors (Lipinski definition) is 3. The molecule has 1 aromatic carbocycles. The molecule has 0 bridgehead atoms. The molecular weight excluding hydrogens is 484 g/mol.